The number of benzene rings is 1. The van der Waals surface area contributed by atoms with Gasteiger partial charge in [0.1, 0.15) is 11.8 Å². The van der Waals surface area contributed by atoms with Crippen molar-refractivity contribution in [2.75, 3.05) is 0 Å². The molecule has 0 atom stereocenters. The second-order valence-corrected chi connectivity index (χ2v) is 7.94. The molecule has 12 heteroatoms. The molecule has 2 rings (SSSR count). The van der Waals surface area contributed by atoms with E-state index in [1.807, 2.05) is 0 Å². The summed E-state index contributed by atoms with van der Waals surface area (Å²) in [4.78, 5) is -0.0444. The summed E-state index contributed by atoms with van der Waals surface area (Å²) in [5.41, 5.74) is -1.41. The van der Waals surface area contributed by atoms with Crippen molar-refractivity contribution in [3.63, 3.8) is 0 Å². The standard InChI is InChI=1S/C12H3Cl4F4N3S/c13-6-1-5(11(17,18)19)2-7(14)10(6)23-4-9(8(3-21)22-23)24-12(15,16)20/h1-2,4H. The van der Waals surface area contributed by atoms with Crippen LogP contribution in [0.5, 0.6) is 0 Å². The zero-order valence-electron chi connectivity index (χ0n) is 11.0. The van der Waals surface area contributed by atoms with Crippen LogP contribution >= 0.6 is 58.2 Å². The van der Waals surface area contributed by atoms with E-state index in [1.165, 1.54) is 0 Å². The van der Waals surface area contributed by atoms with E-state index in [0.29, 0.717) is 12.1 Å². The van der Waals surface area contributed by atoms with Gasteiger partial charge in [-0.25, -0.2) is 4.68 Å². The Balaban J connectivity index is 2.56. The largest absolute Gasteiger partial charge is 0.416 e. The lowest BCUT2D eigenvalue weighted by Crippen LogP contribution is -2.07. The molecule has 1 aromatic heterocycles. The minimum atomic E-state index is -4.64. The summed E-state index contributed by atoms with van der Waals surface area (Å²) in [5.74, 6) is 0. The number of thioether (sulfide) groups is 1. The first kappa shape index (κ1) is 19.5. The van der Waals surface area contributed by atoms with Crippen molar-refractivity contribution < 1.29 is 17.6 Å². The van der Waals surface area contributed by atoms with Crippen LogP contribution in [0.25, 0.3) is 5.69 Å². The highest BCUT2D eigenvalue weighted by atomic mass is 35.5. The van der Waals surface area contributed by atoms with Crippen LogP contribution in [0.15, 0.2) is 23.2 Å². The van der Waals surface area contributed by atoms with Crippen LogP contribution in [0.1, 0.15) is 11.3 Å². The van der Waals surface area contributed by atoms with Gasteiger partial charge in [-0.2, -0.15) is 27.9 Å². The summed E-state index contributed by atoms with van der Waals surface area (Å²) < 4.78 is 49.7. The lowest BCUT2D eigenvalue weighted by molar-refractivity contribution is -0.137. The first-order chi connectivity index (χ1) is 10.9. The Morgan fingerprint density at radius 2 is 1.67 bits per heavy atom. The Morgan fingerprint density at radius 1 is 1.12 bits per heavy atom. The predicted octanol–water partition coefficient (Wildman–Crippen LogP) is 6.22. The fourth-order valence-electron chi connectivity index (χ4n) is 1.70. The quantitative estimate of drug-likeness (QED) is 0.324. The average molecular weight is 439 g/mol. The third-order valence-corrected chi connectivity index (χ3v) is 4.37. The molecule has 1 aromatic carbocycles. The Kier molecular flexibility index (Phi) is 5.52. The molecule has 128 valence electrons. The maximum atomic E-state index is 13.3. The smallest absolute Gasteiger partial charge is 0.235 e. The van der Waals surface area contributed by atoms with Crippen molar-refractivity contribution in [3.8, 4) is 11.8 Å². The van der Waals surface area contributed by atoms with Gasteiger partial charge in [0.2, 0.25) is 0 Å². The molecule has 0 radical (unpaired) electrons. The van der Waals surface area contributed by atoms with Crippen molar-refractivity contribution >= 4 is 58.2 Å². The van der Waals surface area contributed by atoms with E-state index in [1.54, 1.807) is 6.07 Å². The minimum Gasteiger partial charge on any atom is -0.235 e. The molecule has 2 aromatic rings. The monoisotopic (exact) mass is 437 g/mol. The average Bonchev–Trinajstić information content (AvgIpc) is 2.77. The summed E-state index contributed by atoms with van der Waals surface area (Å²) in [6.07, 6.45) is -3.51. The minimum absolute atomic E-state index is 0.0444. The van der Waals surface area contributed by atoms with E-state index in [0.717, 1.165) is 10.9 Å². The zero-order valence-corrected chi connectivity index (χ0v) is 14.8. The Labute approximate surface area is 157 Å². The van der Waals surface area contributed by atoms with Gasteiger partial charge in [-0.1, -0.05) is 46.4 Å². The summed E-state index contributed by atoms with van der Waals surface area (Å²) in [7, 11) is 0. The van der Waals surface area contributed by atoms with Gasteiger partial charge in [-0.05, 0) is 23.9 Å². The molecule has 0 fully saturated rings. The van der Waals surface area contributed by atoms with Gasteiger partial charge in [0, 0.05) is 6.20 Å². The highest BCUT2D eigenvalue weighted by molar-refractivity contribution is 8.03. The molecule has 0 bridgehead atoms. The van der Waals surface area contributed by atoms with Crippen molar-refractivity contribution in [2.24, 2.45) is 0 Å². The lowest BCUT2D eigenvalue weighted by Gasteiger charge is -2.12. The number of nitrogens with zero attached hydrogens (tertiary/aromatic N) is 3. The number of aromatic nitrogens is 2. The highest BCUT2D eigenvalue weighted by Crippen LogP contribution is 2.43. The number of halogens is 8. The lowest BCUT2D eigenvalue weighted by atomic mass is 10.2. The molecule has 24 heavy (non-hydrogen) atoms. The number of nitriles is 1. The van der Waals surface area contributed by atoms with Crippen molar-refractivity contribution in [3.05, 3.63) is 39.6 Å². The van der Waals surface area contributed by atoms with Gasteiger partial charge in [0.25, 0.3) is 0 Å². The number of rotatable bonds is 3. The van der Waals surface area contributed by atoms with Crippen molar-refractivity contribution in [2.45, 2.75) is 15.0 Å². The molecule has 0 unspecified atom stereocenters. The molecule has 3 nitrogen and oxygen atoms in total. The summed E-state index contributed by atoms with van der Waals surface area (Å²) in [5, 5.41) is 12.1. The van der Waals surface area contributed by atoms with Gasteiger partial charge >= 0.3 is 10.1 Å². The molecule has 1 heterocycles. The first-order valence-corrected chi connectivity index (χ1v) is 8.07. The third-order valence-electron chi connectivity index (χ3n) is 2.59. The molecular weight excluding hydrogens is 436 g/mol. The molecule has 0 saturated heterocycles. The van der Waals surface area contributed by atoms with Gasteiger partial charge in [-0.15, -0.1) is 0 Å². The van der Waals surface area contributed by atoms with Crippen LogP contribution in [-0.4, -0.2) is 13.7 Å². The molecule has 0 saturated carbocycles. The van der Waals surface area contributed by atoms with Gasteiger partial charge in [0.15, 0.2) is 5.69 Å². The van der Waals surface area contributed by atoms with E-state index < -0.39 is 15.7 Å². The van der Waals surface area contributed by atoms with E-state index in [4.69, 9.17) is 51.7 Å². The van der Waals surface area contributed by atoms with Crippen LogP contribution in [0, 0.1) is 11.3 Å². The highest BCUT2D eigenvalue weighted by Gasteiger charge is 2.33. The van der Waals surface area contributed by atoms with Gasteiger partial charge in [-0.3, -0.25) is 0 Å². The zero-order chi connectivity index (χ0) is 18.3. The first-order valence-electron chi connectivity index (χ1n) is 5.74. The van der Waals surface area contributed by atoms with Crippen molar-refractivity contribution in [1.29, 1.82) is 5.26 Å². The molecular formula is C12H3Cl4F4N3S. The van der Waals surface area contributed by atoms with Crippen LogP contribution in [-0.2, 0) is 6.18 Å². The van der Waals surface area contributed by atoms with E-state index in [9.17, 15) is 17.6 Å². The topological polar surface area (TPSA) is 41.6 Å². The predicted molar refractivity (Wildman–Crippen MR) is 84.7 cm³/mol. The summed E-state index contributed by atoms with van der Waals surface area (Å²) in [6.45, 7) is 0. The molecule has 0 spiro atoms. The number of alkyl halides is 6. The molecule has 0 amide bonds. The van der Waals surface area contributed by atoms with Gasteiger partial charge < -0.3 is 0 Å². The summed E-state index contributed by atoms with van der Waals surface area (Å²) in [6, 6.07) is 3.00. The molecule has 0 aliphatic heterocycles. The molecule has 0 aliphatic rings. The SMILES string of the molecule is N#Cc1nn(-c2c(Cl)cc(C(F)(F)F)cc2Cl)cc1SC(F)(Cl)Cl. The van der Waals surface area contributed by atoms with Crippen molar-refractivity contribution in [1.82, 2.24) is 9.78 Å². The third kappa shape index (κ3) is 4.41. The normalized spacial score (nSPS) is 12.3. The second-order valence-electron chi connectivity index (χ2n) is 4.23. The summed E-state index contributed by atoms with van der Waals surface area (Å²) >= 11 is 22.4. The van der Waals surface area contributed by atoms with Crippen LogP contribution < -0.4 is 0 Å². The van der Waals surface area contributed by atoms with E-state index >= 15 is 0 Å². The Hall–Kier alpha value is -0.850. The molecule has 0 N–H and O–H groups in total. The van der Waals surface area contributed by atoms with Crippen LogP contribution in [0.3, 0.4) is 0 Å². The van der Waals surface area contributed by atoms with E-state index in [-0.39, 0.29) is 38.1 Å². The number of hydrogen-bond acceptors (Lipinski definition) is 3. The fraction of sp³-hybridized carbons (Fsp3) is 0.167. The second kappa shape index (κ2) is 6.81. The van der Waals surface area contributed by atoms with Crippen LogP contribution in [0.4, 0.5) is 17.6 Å². The van der Waals surface area contributed by atoms with Crippen LogP contribution in [0.2, 0.25) is 10.0 Å². The Morgan fingerprint density at radius 3 is 2.08 bits per heavy atom. The van der Waals surface area contributed by atoms with Gasteiger partial charge in [0.05, 0.1) is 20.5 Å². The maximum Gasteiger partial charge on any atom is 0.416 e. The molecule has 0 aliphatic carbocycles. The number of hydrogen-bond donors (Lipinski definition) is 0. The maximum absolute atomic E-state index is 13.3. The fourth-order valence-corrected chi connectivity index (χ4v) is 3.44. The van der Waals surface area contributed by atoms with E-state index in [2.05, 4.69) is 5.10 Å². The Bertz CT molecular complexity index is 800.